The lowest BCUT2D eigenvalue weighted by Gasteiger charge is -2.22. The van der Waals surface area contributed by atoms with E-state index >= 15 is 0 Å². The van der Waals surface area contributed by atoms with Gasteiger partial charge in [-0.2, -0.15) is 0 Å². The number of nitrogens with two attached hydrogens (primary N) is 1. The summed E-state index contributed by atoms with van der Waals surface area (Å²) in [5, 5.41) is 0. The van der Waals surface area contributed by atoms with Gasteiger partial charge >= 0.3 is 0 Å². The van der Waals surface area contributed by atoms with Crippen molar-refractivity contribution in [3.63, 3.8) is 0 Å². The van der Waals surface area contributed by atoms with E-state index in [2.05, 4.69) is 18.7 Å². The zero-order chi connectivity index (χ0) is 12.3. The van der Waals surface area contributed by atoms with Crippen molar-refractivity contribution < 1.29 is 0 Å². The summed E-state index contributed by atoms with van der Waals surface area (Å²) in [6.07, 6.45) is 7.09. The molecule has 1 aliphatic carbocycles. The highest BCUT2D eigenvalue weighted by Gasteiger charge is 2.35. The summed E-state index contributed by atoms with van der Waals surface area (Å²) in [5.74, 6) is 3.62. The number of hydrogen-bond donors (Lipinski definition) is 1. The highest BCUT2D eigenvalue weighted by molar-refractivity contribution is 4.88. The van der Waals surface area contributed by atoms with Gasteiger partial charge in [0.25, 0.3) is 0 Å². The monoisotopic (exact) mass is 238 g/mol. The molecule has 1 heterocycles. The molecule has 2 heteroatoms. The SMILES string of the molecule is CC(C)C[C@H](CN)CCN1CC2CCCC2C1. The van der Waals surface area contributed by atoms with Crippen molar-refractivity contribution in [1.29, 1.82) is 0 Å². The Hall–Kier alpha value is -0.0800. The van der Waals surface area contributed by atoms with E-state index in [0.717, 1.165) is 30.2 Å². The fourth-order valence-electron chi connectivity index (χ4n) is 3.88. The van der Waals surface area contributed by atoms with Crippen LogP contribution < -0.4 is 5.73 Å². The second-order valence-corrected chi connectivity index (χ2v) is 6.73. The number of likely N-dealkylation sites (tertiary alicyclic amines) is 1. The Labute approximate surface area is 107 Å². The minimum atomic E-state index is 0.746. The molecule has 0 bridgehead atoms. The minimum absolute atomic E-state index is 0.746. The van der Waals surface area contributed by atoms with E-state index in [1.54, 1.807) is 0 Å². The van der Waals surface area contributed by atoms with E-state index in [0.29, 0.717) is 0 Å². The molecule has 1 aliphatic heterocycles. The summed E-state index contributed by atoms with van der Waals surface area (Å²) in [6, 6.07) is 0. The summed E-state index contributed by atoms with van der Waals surface area (Å²) < 4.78 is 0. The van der Waals surface area contributed by atoms with Crippen LogP contribution in [0.15, 0.2) is 0 Å². The fraction of sp³-hybridized carbons (Fsp3) is 1.00. The van der Waals surface area contributed by atoms with Crippen LogP contribution in [0.4, 0.5) is 0 Å². The van der Waals surface area contributed by atoms with Crippen molar-refractivity contribution in [3.05, 3.63) is 0 Å². The molecule has 1 saturated carbocycles. The first-order chi connectivity index (χ1) is 8.19. The maximum atomic E-state index is 5.88. The van der Waals surface area contributed by atoms with Crippen LogP contribution >= 0.6 is 0 Å². The van der Waals surface area contributed by atoms with Crippen LogP contribution in [0.5, 0.6) is 0 Å². The Morgan fingerprint density at radius 3 is 2.35 bits per heavy atom. The molecular formula is C15H30N2. The van der Waals surface area contributed by atoms with Crippen LogP contribution in [0.1, 0.15) is 46.0 Å². The van der Waals surface area contributed by atoms with Gasteiger partial charge in [0, 0.05) is 13.1 Å². The number of fused-ring (bicyclic) bond motifs is 1. The van der Waals surface area contributed by atoms with Gasteiger partial charge in [0.15, 0.2) is 0 Å². The molecule has 2 N–H and O–H groups in total. The predicted octanol–water partition coefficient (Wildman–Crippen LogP) is 2.73. The maximum Gasteiger partial charge on any atom is 0.00129 e. The number of rotatable bonds is 6. The Balaban J connectivity index is 1.68. The van der Waals surface area contributed by atoms with Gasteiger partial charge in [-0.15, -0.1) is 0 Å². The average Bonchev–Trinajstić information content (AvgIpc) is 2.83. The van der Waals surface area contributed by atoms with Crippen molar-refractivity contribution >= 4 is 0 Å². The molecule has 2 rings (SSSR count). The second kappa shape index (κ2) is 6.19. The van der Waals surface area contributed by atoms with Gasteiger partial charge < -0.3 is 10.6 Å². The fourth-order valence-corrected chi connectivity index (χ4v) is 3.88. The van der Waals surface area contributed by atoms with E-state index in [4.69, 9.17) is 5.73 Å². The molecule has 2 aliphatic rings. The molecule has 0 amide bonds. The Kier molecular flexibility index (Phi) is 4.87. The van der Waals surface area contributed by atoms with Crippen LogP contribution in [-0.4, -0.2) is 31.1 Å². The van der Waals surface area contributed by atoms with Crippen LogP contribution in [0, 0.1) is 23.7 Å². The van der Waals surface area contributed by atoms with E-state index in [-0.39, 0.29) is 0 Å². The number of nitrogens with zero attached hydrogens (tertiary/aromatic N) is 1. The quantitative estimate of drug-likeness (QED) is 0.771. The third-order valence-electron chi connectivity index (χ3n) is 4.79. The van der Waals surface area contributed by atoms with E-state index < -0.39 is 0 Å². The molecule has 17 heavy (non-hydrogen) atoms. The van der Waals surface area contributed by atoms with Crippen LogP contribution in [0.3, 0.4) is 0 Å². The summed E-state index contributed by atoms with van der Waals surface area (Å²) >= 11 is 0. The first kappa shape index (κ1) is 13.4. The summed E-state index contributed by atoms with van der Waals surface area (Å²) in [7, 11) is 0. The first-order valence-electron chi connectivity index (χ1n) is 7.61. The number of hydrogen-bond acceptors (Lipinski definition) is 2. The van der Waals surface area contributed by atoms with Crippen LogP contribution in [-0.2, 0) is 0 Å². The third kappa shape index (κ3) is 3.69. The minimum Gasteiger partial charge on any atom is -0.330 e. The lowest BCUT2D eigenvalue weighted by molar-refractivity contribution is 0.269. The maximum absolute atomic E-state index is 5.88. The topological polar surface area (TPSA) is 29.3 Å². The molecule has 1 saturated heterocycles. The second-order valence-electron chi connectivity index (χ2n) is 6.73. The molecule has 0 radical (unpaired) electrons. The summed E-state index contributed by atoms with van der Waals surface area (Å²) in [6.45, 7) is 9.54. The van der Waals surface area contributed by atoms with Gasteiger partial charge in [-0.1, -0.05) is 20.3 Å². The lowest BCUT2D eigenvalue weighted by atomic mass is 9.94. The highest BCUT2D eigenvalue weighted by atomic mass is 15.2. The smallest absolute Gasteiger partial charge is 0.00129 e. The Bertz CT molecular complexity index is 215. The van der Waals surface area contributed by atoms with Crippen molar-refractivity contribution in [2.75, 3.05) is 26.2 Å². The standard InChI is InChI=1S/C15H30N2/c1-12(2)8-13(9-16)6-7-17-10-14-4-3-5-15(14)11-17/h12-15H,3-11,16H2,1-2H3/t13-,14?,15?/m1/s1. The molecule has 2 unspecified atom stereocenters. The zero-order valence-corrected chi connectivity index (χ0v) is 11.7. The Morgan fingerprint density at radius 1 is 1.18 bits per heavy atom. The first-order valence-corrected chi connectivity index (χ1v) is 7.61. The third-order valence-corrected chi connectivity index (χ3v) is 4.79. The molecule has 0 aromatic rings. The van der Waals surface area contributed by atoms with Crippen molar-refractivity contribution in [1.82, 2.24) is 4.90 Å². The van der Waals surface area contributed by atoms with Gasteiger partial charge in [-0.3, -0.25) is 0 Å². The van der Waals surface area contributed by atoms with Gasteiger partial charge in [0.2, 0.25) is 0 Å². The Morgan fingerprint density at radius 2 is 1.82 bits per heavy atom. The lowest BCUT2D eigenvalue weighted by Crippen LogP contribution is -2.27. The van der Waals surface area contributed by atoms with Gasteiger partial charge in [0.1, 0.15) is 0 Å². The van der Waals surface area contributed by atoms with E-state index in [1.165, 1.54) is 51.7 Å². The summed E-state index contributed by atoms with van der Waals surface area (Å²) in [4.78, 5) is 2.71. The largest absolute Gasteiger partial charge is 0.330 e. The molecule has 0 aromatic heterocycles. The zero-order valence-electron chi connectivity index (χ0n) is 11.7. The van der Waals surface area contributed by atoms with Gasteiger partial charge in [-0.05, 0) is 62.4 Å². The van der Waals surface area contributed by atoms with Gasteiger partial charge in [-0.25, -0.2) is 0 Å². The molecule has 2 nitrogen and oxygen atoms in total. The average molecular weight is 238 g/mol. The molecule has 3 atom stereocenters. The molecule has 0 aromatic carbocycles. The predicted molar refractivity (Wildman–Crippen MR) is 73.9 cm³/mol. The van der Waals surface area contributed by atoms with Gasteiger partial charge in [0.05, 0.1) is 0 Å². The van der Waals surface area contributed by atoms with E-state index in [9.17, 15) is 0 Å². The molecular weight excluding hydrogens is 208 g/mol. The molecule has 0 spiro atoms. The molecule has 100 valence electrons. The highest BCUT2D eigenvalue weighted by Crippen LogP contribution is 2.37. The van der Waals surface area contributed by atoms with Crippen molar-refractivity contribution in [3.8, 4) is 0 Å². The van der Waals surface area contributed by atoms with Crippen LogP contribution in [0.25, 0.3) is 0 Å². The van der Waals surface area contributed by atoms with Crippen LogP contribution in [0.2, 0.25) is 0 Å². The molecule has 2 fully saturated rings. The van der Waals surface area contributed by atoms with Crippen molar-refractivity contribution in [2.45, 2.75) is 46.0 Å². The normalized spacial score (nSPS) is 31.1. The van der Waals surface area contributed by atoms with E-state index in [1.807, 2.05) is 0 Å². The van der Waals surface area contributed by atoms with Crippen molar-refractivity contribution in [2.24, 2.45) is 29.4 Å². The summed E-state index contributed by atoms with van der Waals surface area (Å²) in [5.41, 5.74) is 5.88.